The highest BCUT2D eigenvalue weighted by molar-refractivity contribution is 5.37. The van der Waals surface area contributed by atoms with Crippen molar-refractivity contribution in [3.8, 4) is 0 Å². The molecule has 2 aliphatic rings. The van der Waals surface area contributed by atoms with Gasteiger partial charge in [-0.2, -0.15) is 0 Å². The van der Waals surface area contributed by atoms with E-state index in [4.69, 9.17) is 9.15 Å². The number of rotatable bonds is 1. The van der Waals surface area contributed by atoms with E-state index in [0.29, 0.717) is 12.3 Å². The van der Waals surface area contributed by atoms with Crippen molar-refractivity contribution in [2.45, 2.75) is 58.2 Å². The fourth-order valence-electron chi connectivity index (χ4n) is 4.43. The van der Waals surface area contributed by atoms with E-state index in [1.807, 2.05) is 0 Å². The lowest BCUT2D eigenvalue weighted by molar-refractivity contribution is -0.204. The van der Waals surface area contributed by atoms with E-state index in [0.717, 1.165) is 30.6 Å². The van der Waals surface area contributed by atoms with Crippen LogP contribution in [0.25, 0.3) is 0 Å². The monoisotopic (exact) mass is 264 g/mol. The first kappa shape index (κ1) is 13.2. The van der Waals surface area contributed by atoms with Crippen molar-refractivity contribution in [3.63, 3.8) is 0 Å². The van der Waals surface area contributed by atoms with Gasteiger partial charge in [-0.25, -0.2) is 0 Å². The zero-order chi connectivity index (χ0) is 13.8. The highest BCUT2D eigenvalue weighted by atomic mass is 16.5. The molecule has 1 aromatic rings. The molecule has 0 saturated heterocycles. The van der Waals surface area contributed by atoms with Crippen LogP contribution in [-0.4, -0.2) is 17.8 Å². The summed E-state index contributed by atoms with van der Waals surface area (Å²) >= 11 is 0. The molecule has 0 amide bonds. The Balaban J connectivity index is 2.19. The van der Waals surface area contributed by atoms with E-state index in [2.05, 4.69) is 20.8 Å². The van der Waals surface area contributed by atoms with Gasteiger partial charge in [0.05, 0.1) is 18.0 Å². The molecule has 3 nitrogen and oxygen atoms in total. The molecule has 3 heteroatoms. The fraction of sp³-hybridized carbons (Fsp3) is 0.750. The zero-order valence-corrected chi connectivity index (χ0v) is 12.3. The van der Waals surface area contributed by atoms with Gasteiger partial charge in [0.1, 0.15) is 5.76 Å². The lowest BCUT2D eigenvalue weighted by Gasteiger charge is -2.57. The Morgan fingerprint density at radius 1 is 1.47 bits per heavy atom. The summed E-state index contributed by atoms with van der Waals surface area (Å²) < 4.78 is 11.5. The highest BCUT2D eigenvalue weighted by Crippen LogP contribution is 2.61. The summed E-state index contributed by atoms with van der Waals surface area (Å²) in [5, 5.41) is 11.2. The molecule has 106 valence electrons. The first-order valence-corrected chi connectivity index (χ1v) is 7.26. The van der Waals surface area contributed by atoms with Gasteiger partial charge in [-0.1, -0.05) is 20.3 Å². The van der Waals surface area contributed by atoms with Crippen LogP contribution in [0.3, 0.4) is 0 Å². The number of methoxy groups -OCH3 is 1. The molecule has 3 rings (SSSR count). The Morgan fingerprint density at radius 3 is 2.89 bits per heavy atom. The maximum Gasteiger partial charge on any atom is 0.112 e. The number of hydrogen-bond donors (Lipinski definition) is 1. The molecule has 1 heterocycles. The van der Waals surface area contributed by atoms with Gasteiger partial charge in [0, 0.05) is 24.5 Å². The minimum atomic E-state index is -0.706. The van der Waals surface area contributed by atoms with Gasteiger partial charge in [-0.05, 0) is 31.2 Å². The van der Waals surface area contributed by atoms with Crippen LogP contribution in [-0.2, 0) is 11.2 Å². The van der Waals surface area contributed by atoms with Crippen molar-refractivity contribution in [2.24, 2.45) is 11.3 Å². The van der Waals surface area contributed by atoms with Gasteiger partial charge in [0.2, 0.25) is 0 Å². The van der Waals surface area contributed by atoms with Gasteiger partial charge in [0.25, 0.3) is 0 Å². The number of hydrogen-bond acceptors (Lipinski definition) is 3. The maximum absolute atomic E-state index is 11.2. The van der Waals surface area contributed by atoms with E-state index in [1.54, 1.807) is 13.4 Å². The third-order valence-corrected chi connectivity index (χ3v) is 5.85. The maximum atomic E-state index is 11.2. The van der Waals surface area contributed by atoms with Crippen molar-refractivity contribution >= 4 is 0 Å². The molecule has 0 bridgehead atoms. The normalized spacial score (nSPS) is 41.7. The molecule has 0 radical (unpaired) electrons. The third kappa shape index (κ3) is 1.52. The summed E-state index contributed by atoms with van der Waals surface area (Å²) in [6.07, 6.45) is 5.42. The molecule has 4 atom stereocenters. The second-order valence-electron chi connectivity index (χ2n) is 6.66. The molecule has 0 aromatic carbocycles. The molecular formula is C16H24O3. The Labute approximate surface area is 115 Å². The van der Waals surface area contributed by atoms with E-state index in [-0.39, 0.29) is 11.5 Å². The van der Waals surface area contributed by atoms with Crippen LogP contribution in [0.2, 0.25) is 0 Å². The molecule has 0 aliphatic heterocycles. The molecular weight excluding hydrogens is 240 g/mol. The quantitative estimate of drug-likeness (QED) is 0.845. The Hall–Kier alpha value is -0.800. The molecule has 1 fully saturated rings. The van der Waals surface area contributed by atoms with Crippen LogP contribution in [0.15, 0.2) is 10.7 Å². The molecule has 0 unspecified atom stereocenters. The third-order valence-electron chi connectivity index (χ3n) is 5.85. The van der Waals surface area contributed by atoms with E-state index in [1.165, 1.54) is 5.56 Å². The second kappa shape index (κ2) is 4.10. The van der Waals surface area contributed by atoms with Gasteiger partial charge < -0.3 is 14.3 Å². The Kier molecular flexibility index (Phi) is 2.84. The fourth-order valence-corrected chi connectivity index (χ4v) is 4.43. The van der Waals surface area contributed by atoms with Gasteiger partial charge in [-0.15, -0.1) is 0 Å². The summed E-state index contributed by atoms with van der Waals surface area (Å²) in [5.74, 6) is 1.36. The smallest absolute Gasteiger partial charge is 0.112 e. The van der Waals surface area contributed by atoms with Crippen molar-refractivity contribution in [1.29, 1.82) is 0 Å². The molecule has 2 aliphatic carbocycles. The molecule has 1 aromatic heterocycles. The van der Waals surface area contributed by atoms with Crippen molar-refractivity contribution in [3.05, 3.63) is 23.2 Å². The largest absolute Gasteiger partial charge is 0.469 e. The van der Waals surface area contributed by atoms with Crippen molar-refractivity contribution in [2.75, 3.05) is 7.11 Å². The van der Waals surface area contributed by atoms with E-state index in [9.17, 15) is 5.11 Å². The summed E-state index contributed by atoms with van der Waals surface area (Å²) in [6.45, 7) is 6.51. The van der Waals surface area contributed by atoms with Gasteiger partial charge in [-0.3, -0.25) is 0 Å². The van der Waals surface area contributed by atoms with Crippen molar-refractivity contribution < 1.29 is 14.3 Å². The minimum Gasteiger partial charge on any atom is -0.469 e. The average Bonchev–Trinajstić information content (AvgIpc) is 2.70. The molecule has 1 saturated carbocycles. The van der Waals surface area contributed by atoms with Crippen LogP contribution in [0, 0.1) is 18.3 Å². The summed E-state index contributed by atoms with van der Waals surface area (Å²) in [4.78, 5) is 0. The predicted molar refractivity (Wildman–Crippen MR) is 73.0 cm³/mol. The topological polar surface area (TPSA) is 42.6 Å². The Morgan fingerprint density at radius 2 is 2.21 bits per heavy atom. The standard InChI is InChI=1S/C16H24O3/c1-10-9-19-12-8-16(17)7-5-6-11(2)15(16,3)14(18-4)13(10)12/h9,11,14,17H,5-8H2,1-4H3/t11-,14+,15-,16-/m0/s1. The number of aryl methyl sites for hydroxylation is 1. The summed E-state index contributed by atoms with van der Waals surface area (Å²) in [5.41, 5.74) is 1.37. The first-order valence-electron chi connectivity index (χ1n) is 7.26. The van der Waals surface area contributed by atoms with Gasteiger partial charge in [0.15, 0.2) is 0 Å². The van der Waals surface area contributed by atoms with Crippen LogP contribution in [0.1, 0.15) is 56.1 Å². The molecule has 0 spiro atoms. The highest BCUT2D eigenvalue weighted by Gasteiger charge is 2.61. The molecule has 1 N–H and O–H groups in total. The predicted octanol–water partition coefficient (Wildman–Crippen LogP) is 3.39. The number of furan rings is 1. The van der Waals surface area contributed by atoms with Crippen LogP contribution < -0.4 is 0 Å². The van der Waals surface area contributed by atoms with Gasteiger partial charge >= 0.3 is 0 Å². The van der Waals surface area contributed by atoms with E-state index >= 15 is 0 Å². The number of fused-ring (bicyclic) bond motifs is 2. The number of ether oxygens (including phenoxy) is 1. The lowest BCUT2D eigenvalue weighted by atomic mass is 9.51. The Bertz CT molecular complexity index is 492. The first-order chi connectivity index (χ1) is 8.94. The minimum absolute atomic E-state index is 0.0738. The zero-order valence-electron chi connectivity index (χ0n) is 12.3. The van der Waals surface area contributed by atoms with Crippen LogP contribution in [0.4, 0.5) is 0 Å². The SMILES string of the molecule is CO[C@@H]1c2c(C)coc2C[C@@]2(O)CCC[C@H](C)[C@@]12C. The van der Waals surface area contributed by atoms with Crippen LogP contribution >= 0.6 is 0 Å². The molecule has 19 heavy (non-hydrogen) atoms. The van der Waals surface area contributed by atoms with E-state index < -0.39 is 5.60 Å². The number of aliphatic hydroxyl groups is 1. The lowest BCUT2D eigenvalue weighted by Crippen LogP contribution is -2.59. The summed E-state index contributed by atoms with van der Waals surface area (Å²) in [7, 11) is 1.75. The van der Waals surface area contributed by atoms with Crippen LogP contribution in [0.5, 0.6) is 0 Å². The second-order valence-corrected chi connectivity index (χ2v) is 6.66. The average molecular weight is 264 g/mol. The summed E-state index contributed by atoms with van der Waals surface area (Å²) in [6, 6.07) is 0. The van der Waals surface area contributed by atoms with Crippen molar-refractivity contribution in [1.82, 2.24) is 0 Å².